The van der Waals surface area contributed by atoms with Gasteiger partial charge in [-0.25, -0.2) is 0 Å². The van der Waals surface area contributed by atoms with E-state index in [-0.39, 0.29) is 18.8 Å². The van der Waals surface area contributed by atoms with Gasteiger partial charge in [0, 0.05) is 12.5 Å². The SMILES string of the molecule is CC(=O)CCCCCCCCCC[C@H]1CC[C@H](O)[C@@H](CO)N1. The molecule has 0 unspecified atom stereocenters. The Hall–Kier alpha value is -0.450. The number of nitrogens with one attached hydrogen (secondary N) is 1. The predicted molar refractivity (Wildman–Crippen MR) is 89.9 cm³/mol. The van der Waals surface area contributed by atoms with Crippen molar-refractivity contribution in [3.63, 3.8) is 0 Å². The van der Waals surface area contributed by atoms with Crippen LogP contribution in [0.4, 0.5) is 0 Å². The van der Waals surface area contributed by atoms with Gasteiger partial charge in [0.1, 0.15) is 5.78 Å². The molecule has 3 atom stereocenters. The van der Waals surface area contributed by atoms with Crippen LogP contribution in [0.2, 0.25) is 0 Å². The van der Waals surface area contributed by atoms with Gasteiger partial charge in [0.2, 0.25) is 0 Å². The monoisotopic (exact) mass is 313 g/mol. The summed E-state index contributed by atoms with van der Waals surface area (Å²) in [7, 11) is 0. The molecule has 0 aliphatic carbocycles. The summed E-state index contributed by atoms with van der Waals surface area (Å²) >= 11 is 0. The van der Waals surface area contributed by atoms with Crippen molar-refractivity contribution < 1.29 is 15.0 Å². The maximum atomic E-state index is 10.8. The smallest absolute Gasteiger partial charge is 0.129 e. The third-order valence-electron chi connectivity index (χ3n) is 4.75. The van der Waals surface area contributed by atoms with E-state index in [1.54, 1.807) is 6.92 Å². The number of ketones is 1. The lowest BCUT2D eigenvalue weighted by Crippen LogP contribution is -2.52. The Labute approximate surface area is 135 Å². The molecule has 3 N–H and O–H groups in total. The van der Waals surface area contributed by atoms with Gasteiger partial charge >= 0.3 is 0 Å². The van der Waals surface area contributed by atoms with Crippen molar-refractivity contribution in [2.24, 2.45) is 0 Å². The summed E-state index contributed by atoms with van der Waals surface area (Å²) in [6, 6.07) is 0.334. The van der Waals surface area contributed by atoms with Crippen molar-refractivity contribution >= 4 is 5.78 Å². The van der Waals surface area contributed by atoms with Crippen molar-refractivity contribution in [3.8, 4) is 0 Å². The number of unbranched alkanes of at least 4 members (excludes halogenated alkanes) is 7. The van der Waals surface area contributed by atoms with Crippen LogP contribution in [0.1, 0.15) is 84.0 Å². The second-order valence-corrected chi connectivity index (χ2v) is 6.87. The molecule has 1 saturated heterocycles. The number of aliphatic hydroxyl groups excluding tert-OH is 2. The van der Waals surface area contributed by atoms with Crippen molar-refractivity contribution in [1.29, 1.82) is 0 Å². The summed E-state index contributed by atoms with van der Waals surface area (Å²) in [5, 5.41) is 22.3. The maximum Gasteiger partial charge on any atom is 0.129 e. The lowest BCUT2D eigenvalue weighted by Gasteiger charge is -2.34. The Kier molecular flexibility index (Phi) is 10.7. The third-order valence-corrected chi connectivity index (χ3v) is 4.75. The maximum absolute atomic E-state index is 10.8. The van der Waals surface area contributed by atoms with E-state index >= 15 is 0 Å². The molecule has 4 nitrogen and oxygen atoms in total. The van der Waals surface area contributed by atoms with Gasteiger partial charge in [-0.3, -0.25) is 0 Å². The molecule has 0 aromatic carbocycles. The van der Waals surface area contributed by atoms with Crippen molar-refractivity contribution in [2.75, 3.05) is 6.61 Å². The highest BCUT2D eigenvalue weighted by Gasteiger charge is 2.27. The van der Waals surface area contributed by atoms with Crippen molar-refractivity contribution in [1.82, 2.24) is 5.32 Å². The lowest BCUT2D eigenvalue weighted by molar-refractivity contribution is -0.117. The summed E-state index contributed by atoms with van der Waals surface area (Å²) < 4.78 is 0. The Bertz CT molecular complexity index is 296. The van der Waals surface area contributed by atoms with E-state index in [1.165, 1.54) is 44.9 Å². The fourth-order valence-electron chi connectivity index (χ4n) is 3.30. The largest absolute Gasteiger partial charge is 0.395 e. The molecule has 0 amide bonds. The highest BCUT2D eigenvalue weighted by molar-refractivity contribution is 5.75. The van der Waals surface area contributed by atoms with Crippen molar-refractivity contribution in [2.45, 2.75) is 102 Å². The van der Waals surface area contributed by atoms with E-state index in [9.17, 15) is 15.0 Å². The Morgan fingerprint density at radius 1 is 1.00 bits per heavy atom. The minimum Gasteiger partial charge on any atom is -0.395 e. The van der Waals surface area contributed by atoms with Gasteiger partial charge < -0.3 is 20.3 Å². The van der Waals surface area contributed by atoms with Crippen LogP contribution < -0.4 is 5.32 Å². The van der Waals surface area contributed by atoms with Gasteiger partial charge in [-0.05, 0) is 32.6 Å². The minimum absolute atomic E-state index is 0.0291. The zero-order valence-corrected chi connectivity index (χ0v) is 14.2. The van der Waals surface area contributed by atoms with E-state index in [2.05, 4.69) is 5.32 Å². The molecule has 0 aromatic rings. The molecule has 0 spiro atoms. The molecular weight excluding hydrogens is 278 g/mol. The van der Waals surface area contributed by atoms with Crippen LogP contribution in [0.5, 0.6) is 0 Å². The van der Waals surface area contributed by atoms with Crippen molar-refractivity contribution in [3.05, 3.63) is 0 Å². The van der Waals surface area contributed by atoms with E-state index in [0.717, 1.165) is 32.1 Å². The first kappa shape index (κ1) is 19.6. The molecule has 4 heteroatoms. The van der Waals surface area contributed by atoms with Crippen LogP contribution in [-0.2, 0) is 4.79 Å². The zero-order valence-electron chi connectivity index (χ0n) is 14.2. The van der Waals surface area contributed by atoms with Gasteiger partial charge in [0.05, 0.1) is 18.8 Å². The fraction of sp³-hybridized carbons (Fsp3) is 0.944. The molecule has 130 valence electrons. The number of carbonyl (C=O) groups is 1. The van der Waals surface area contributed by atoms with E-state index < -0.39 is 0 Å². The molecule has 0 bridgehead atoms. The first-order chi connectivity index (χ1) is 10.6. The molecule has 1 fully saturated rings. The zero-order chi connectivity index (χ0) is 16.2. The van der Waals surface area contributed by atoms with Gasteiger partial charge in [-0.1, -0.05) is 44.9 Å². The van der Waals surface area contributed by atoms with Crippen LogP contribution in [-0.4, -0.2) is 40.8 Å². The summed E-state index contributed by atoms with van der Waals surface area (Å²) in [5.41, 5.74) is 0. The minimum atomic E-state index is -0.385. The number of rotatable bonds is 12. The van der Waals surface area contributed by atoms with E-state index in [4.69, 9.17) is 0 Å². The summed E-state index contributed by atoms with van der Waals surface area (Å²) in [6.45, 7) is 1.70. The normalized spacial score (nSPS) is 25.3. The van der Waals surface area contributed by atoms with Gasteiger partial charge in [-0.15, -0.1) is 0 Å². The Balaban J connectivity index is 1.88. The third kappa shape index (κ3) is 8.86. The second kappa shape index (κ2) is 12.0. The van der Waals surface area contributed by atoms with Crippen LogP contribution in [0, 0.1) is 0 Å². The van der Waals surface area contributed by atoms with Gasteiger partial charge in [-0.2, -0.15) is 0 Å². The number of Topliss-reactive ketones (excluding diaryl/α,β-unsaturated/α-hetero) is 1. The molecule has 1 aliphatic heterocycles. The molecule has 1 aliphatic rings. The molecule has 1 rings (SSSR count). The first-order valence-corrected chi connectivity index (χ1v) is 9.18. The van der Waals surface area contributed by atoms with Crippen LogP contribution in [0.25, 0.3) is 0 Å². The highest BCUT2D eigenvalue weighted by atomic mass is 16.3. The molecule has 22 heavy (non-hydrogen) atoms. The number of hydrogen-bond donors (Lipinski definition) is 3. The average molecular weight is 313 g/mol. The molecule has 0 aromatic heterocycles. The number of carbonyl (C=O) groups excluding carboxylic acids is 1. The summed E-state index contributed by atoms with van der Waals surface area (Å²) in [4.78, 5) is 10.8. The number of hydrogen-bond acceptors (Lipinski definition) is 4. The summed E-state index contributed by atoms with van der Waals surface area (Å²) in [5.74, 6) is 0.312. The molecular formula is C18H35NO3. The number of aliphatic hydroxyl groups is 2. The van der Waals surface area contributed by atoms with Crippen LogP contribution in [0.3, 0.4) is 0 Å². The van der Waals surface area contributed by atoms with Crippen LogP contribution >= 0.6 is 0 Å². The lowest BCUT2D eigenvalue weighted by atomic mass is 9.93. The topological polar surface area (TPSA) is 69.6 Å². The highest BCUT2D eigenvalue weighted by Crippen LogP contribution is 2.18. The molecule has 0 saturated carbocycles. The summed E-state index contributed by atoms with van der Waals surface area (Å²) in [6.07, 6.45) is 13.2. The fourth-order valence-corrected chi connectivity index (χ4v) is 3.30. The van der Waals surface area contributed by atoms with E-state index in [1.807, 2.05) is 0 Å². The average Bonchev–Trinajstić information content (AvgIpc) is 2.50. The molecule has 0 radical (unpaired) electrons. The standard InChI is InChI=1S/C18H35NO3/c1-15(21)10-8-6-4-2-3-5-7-9-11-16-12-13-18(22)17(14-20)19-16/h16-20,22H,2-14H2,1H3/t16-,17+,18-/m0/s1. The first-order valence-electron chi connectivity index (χ1n) is 9.18. The van der Waals surface area contributed by atoms with Crippen LogP contribution in [0.15, 0.2) is 0 Å². The Morgan fingerprint density at radius 2 is 1.59 bits per heavy atom. The number of piperidine rings is 1. The molecule has 1 heterocycles. The van der Waals surface area contributed by atoms with Gasteiger partial charge in [0.15, 0.2) is 0 Å². The second-order valence-electron chi connectivity index (χ2n) is 6.87. The quantitative estimate of drug-likeness (QED) is 0.485. The van der Waals surface area contributed by atoms with Gasteiger partial charge in [0.25, 0.3) is 0 Å². The van der Waals surface area contributed by atoms with E-state index in [0.29, 0.717) is 11.8 Å². The Morgan fingerprint density at radius 3 is 2.18 bits per heavy atom. The predicted octanol–water partition coefficient (Wildman–Crippen LogP) is 2.95.